The van der Waals surface area contributed by atoms with Crippen LogP contribution in [0.1, 0.15) is 23.2 Å². The highest BCUT2D eigenvalue weighted by Gasteiger charge is 2.24. The Kier molecular flexibility index (Phi) is 3.69. The van der Waals surface area contributed by atoms with E-state index in [2.05, 4.69) is 5.32 Å². The molecule has 1 fully saturated rings. The Balaban J connectivity index is 2.03. The van der Waals surface area contributed by atoms with Gasteiger partial charge in [-0.25, -0.2) is 4.39 Å². The number of likely N-dealkylation sites (N-methyl/N-ethyl adjacent to an activating group) is 1. The van der Waals surface area contributed by atoms with E-state index >= 15 is 0 Å². The molecule has 1 aromatic carbocycles. The molecule has 19 heavy (non-hydrogen) atoms. The number of nitrogens with zero attached hydrogens (tertiary/aromatic N) is 1. The predicted molar refractivity (Wildman–Crippen MR) is 68.9 cm³/mol. The molecular formula is C13H16FN3O2. The fourth-order valence-electron chi connectivity index (χ4n) is 2.13. The normalized spacial score (nSPS) is 19.4. The number of halogens is 1. The van der Waals surface area contributed by atoms with Crippen LogP contribution in [0.15, 0.2) is 18.2 Å². The van der Waals surface area contributed by atoms with Gasteiger partial charge in [0.05, 0.1) is 5.56 Å². The summed E-state index contributed by atoms with van der Waals surface area (Å²) in [7, 11) is 1.70. The van der Waals surface area contributed by atoms with Gasteiger partial charge in [-0.2, -0.15) is 0 Å². The lowest BCUT2D eigenvalue weighted by atomic mass is 10.0. The molecule has 1 heterocycles. The number of amides is 2. The van der Waals surface area contributed by atoms with Crippen LogP contribution in [0, 0.1) is 5.82 Å². The summed E-state index contributed by atoms with van der Waals surface area (Å²) in [5.74, 6) is -0.742. The Hall–Kier alpha value is -2.11. The van der Waals surface area contributed by atoms with Gasteiger partial charge < -0.3 is 16.0 Å². The number of rotatable bonds is 2. The van der Waals surface area contributed by atoms with Gasteiger partial charge in [0.1, 0.15) is 5.82 Å². The Bertz CT molecular complexity index is 519. The summed E-state index contributed by atoms with van der Waals surface area (Å²) in [6.07, 6.45) is 1.02. The van der Waals surface area contributed by atoms with Crippen molar-refractivity contribution in [1.29, 1.82) is 0 Å². The summed E-state index contributed by atoms with van der Waals surface area (Å²) < 4.78 is 12.9. The van der Waals surface area contributed by atoms with Gasteiger partial charge in [0.15, 0.2) is 0 Å². The highest BCUT2D eigenvalue weighted by atomic mass is 19.1. The van der Waals surface area contributed by atoms with Crippen molar-refractivity contribution >= 4 is 17.5 Å². The number of likely N-dealkylation sites (tertiary alicyclic amines) is 1. The van der Waals surface area contributed by atoms with Crippen LogP contribution in [-0.4, -0.2) is 36.3 Å². The molecule has 1 unspecified atom stereocenters. The molecule has 0 spiro atoms. The van der Waals surface area contributed by atoms with Crippen molar-refractivity contribution in [3.05, 3.63) is 29.6 Å². The van der Waals surface area contributed by atoms with Gasteiger partial charge in [-0.1, -0.05) is 0 Å². The van der Waals surface area contributed by atoms with E-state index < -0.39 is 5.82 Å². The second-order valence-corrected chi connectivity index (χ2v) is 4.71. The third-order valence-corrected chi connectivity index (χ3v) is 3.22. The molecule has 5 nitrogen and oxygen atoms in total. The maximum Gasteiger partial charge on any atom is 0.253 e. The molecule has 1 atom stereocenters. The summed E-state index contributed by atoms with van der Waals surface area (Å²) in [5, 5.41) is 2.81. The largest absolute Gasteiger partial charge is 0.398 e. The van der Waals surface area contributed by atoms with Crippen LogP contribution >= 0.6 is 0 Å². The molecular weight excluding hydrogens is 249 g/mol. The highest BCUT2D eigenvalue weighted by Crippen LogP contribution is 2.15. The molecule has 0 aromatic heterocycles. The van der Waals surface area contributed by atoms with Crippen molar-refractivity contribution in [2.24, 2.45) is 0 Å². The number of nitrogens with two attached hydrogens (primary N) is 1. The molecule has 6 heteroatoms. The zero-order valence-electron chi connectivity index (χ0n) is 10.6. The van der Waals surface area contributed by atoms with Crippen LogP contribution in [0.2, 0.25) is 0 Å². The van der Waals surface area contributed by atoms with Crippen LogP contribution in [0.5, 0.6) is 0 Å². The first-order chi connectivity index (χ1) is 8.97. The number of anilines is 1. The summed E-state index contributed by atoms with van der Waals surface area (Å²) in [5.41, 5.74) is 5.97. The Morgan fingerprint density at radius 2 is 2.26 bits per heavy atom. The lowest BCUT2D eigenvalue weighted by Crippen LogP contribution is -2.48. The quantitative estimate of drug-likeness (QED) is 0.775. The van der Waals surface area contributed by atoms with Crippen LogP contribution in [0.25, 0.3) is 0 Å². The van der Waals surface area contributed by atoms with Crippen LogP contribution in [0.3, 0.4) is 0 Å². The lowest BCUT2D eigenvalue weighted by molar-refractivity contribution is -0.132. The van der Waals surface area contributed by atoms with E-state index in [0.29, 0.717) is 19.4 Å². The van der Waals surface area contributed by atoms with Gasteiger partial charge in [0.2, 0.25) is 5.91 Å². The first-order valence-electron chi connectivity index (χ1n) is 6.07. The molecule has 2 amide bonds. The lowest BCUT2D eigenvalue weighted by Gasteiger charge is -2.30. The number of nitrogen functional groups attached to an aromatic ring is 1. The first-order valence-corrected chi connectivity index (χ1v) is 6.07. The van der Waals surface area contributed by atoms with Gasteiger partial charge in [-0.3, -0.25) is 9.59 Å². The van der Waals surface area contributed by atoms with E-state index in [0.717, 1.165) is 6.07 Å². The topological polar surface area (TPSA) is 75.4 Å². The summed E-state index contributed by atoms with van der Waals surface area (Å²) in [6.45, 7) is 0.478. The molecule has 1 aliphatic heterocycles. The van der Waals surface area contributed by atoms with E-state index in [1.54, 1.807) is 11.9 Å². The SMILES string of the molecule is CN1CC(NC(=O)c2ccc(F)cc2N)CCC1=O. The van der Waals surface area contributed by atoms with Crippen molar-refractivity contribution in [3.63, 3.8) is 0 Å². The number of piperidine rings is 1. The summed E-state index contributed by atoms with van der Waals surface area (Å²) in [4.78, 5) is 24.9. The highest BCUT2D eigenvalue weighted by molar-refractivity contribution is 5.99. The number of hydrogen-bond acceptors (Lipinski definition) is 3. The van der Waals surface area contributed by atoms with Gasteiger partial charge in [0.25, 0.3) is 5.91 Å². The van der Waals surface area contributed by atoms with Crippen LogP contribution in [0.4, 0.5) is 10.1 Å². The molecule has 102 valence electrons. The standard InChI is InChI=1S/C13H16FN3O2/c1-17-7-9(3-5-12(17)18)16-13(19)10-4-2-8(14)6-11(10)15/h2,4,6,9H,3,5,7,15H2,1H3,(H,16,19). The van der Waals surface area contributed by atoms with E-state index in [9.17, 15) is 14.0 Å². The molecule has 0 aliphatic carbocycles. The summed E-state index contributed by atoms with van der Waals surface area (Å²) in [6, 6.07) is 3.57. The summed E-state index contributed by atoms with van der Waals surface area (Å²) >= 11 is 0. The maximum absolute atomic E-state index is 12.9. The molecule has 2 rings (SSSR count). The zero-order chi connectivity index (χ0) is 14.0. The fraction of sp³-hybridized carbons (Fsp3) is 0.385. The average Bonchev–Trinajstić information content (AvgIpc) is 2.33. The van der Waals surface area contributed by atoms with Crippen molar-refractivity contribution in [2.45, 2.75) is 18.9 Å². The van der Waals surface area contributed by atoms with Gasteiger partial charge >= 0.3 is 0 Å². The third-order valence-electron chi connectivity index (χ3n) is 3.22. The second-order valence-electron chi connectivity index (χ2n) is 4.71. The third kappa shape index (κ3) is 3.01. The number of nitrogens with one attached hydrogen (secondary N) is 1. The Morgan fingerprint density at radius 3 is 2.89 bits per heavy atom. The van der Waals surface area contributed by atoms with E-state index in [4.69, 9.17) is 5.73 Å². The Morgan fingerprint density at radius 1 is 1.53 bits per heavy atom. The van der Waals surface area contributed by atoms with Crippen molar-refractivity contribution in [2.75, 3.05) is 19.3 Å². The van der Waals surface area contributed by atoms with E-state index in [1.165, 1.54) is 12.1 Å². The van der Waals surface area contributed by atoms with E-state index in [1.807, 2.05) is 0 Å². The number of benzene rings is 1. The monoisotopic (exact) mass is 265 g/mol. The molecule has 1 saturated heterocycles. The minimum Gasteiger partial charge on any atom is -0.398 e. The van der Waals surface area contributed by atoms with Gasteiger partial charge in [0, 0.05) is 31.7 Å². The Labute approximate surface area is 110 Å². The molecule has 1 aromatic rings. The number of carbonyl (C=O) groups excluding carboxylic acids is 2. The smallest absolute Gasteiger partial charge is 0.253 e. The zero-order valence-corrected chi connectivity index (χ0v) is 10.6. The van der Waals surface area contributed by atoms with Crippen molar-refractivity contribution < 1.29 is 14.0 Å². The van der Waals surface area contributed by atoms with Crippen LogP contribution < -0.4 is 11.1 Å². The van der Waals surface area contributed by atoms with Gasteiger partial charge in [-0.05, 0) is 24.6 Å². The first kappa shape index (κ1) is 13.3. The molecule has 0 bridgehead atoms. The number of carbonyl (C=O) groups is 2. The molecule has 0 radical (unpaired) electrons. The number of hydrogen-bond donors (Lipinski definition) is 2. The average molecular weight is 265 g/mol. The predicted octanol–water partition coefficient (Wildman–Crippen LogP) is 0.758. The minimum atomic E-state index is -0.475. The van der Waals surface area contributed by atoms with Crippen LogP contribution in [-0.2, 0) is 4.79 Å². The molecule has 0 saturated carbocycles. The maximum atomic E-state index is 12.9. The van der Waals surface area contributed by atoms with Gasteiger partial charge in [-0.15, -0.1) is 0 Å². The second kappa shape index (κ2) is 5.26. The fourth-order valence-corrected chi connectivity index (χ4v) is 2.13. The van der Waals surface area contributed by atoms with E-state index in [-0.39, 0.29) is 29.1 Å². The molecule has 3 N–H and O–H groups in total. The minimum absolute atomic E-state index is 0.0757. The molecule has 1 aliphatic rings. The van der Waals surface area contributed by atoms with Crippen molar-refractivity contribution in [1.82, 2.24) is 10.2 Å². The van der Waals surface area contributed by atoms with Crippen molar-refractivity contribution in [3.8, 4) is 0 Å².